The zero-order valence-corrected chi connectivity index (χ0v) is 24.7. The Kier molecular flexibility index (Phi) is 11.1. The SMILES string of the molecule is C=C1CCC2C(C(C)(C)OC(C)=O)CCC2(C)C(OC(C)=O)C=C(COC(=O)CC(C)(O)CC(=O)O)CCC1O. The van der Waals surface area contributed by atoms with Crippen LogP contribution in [0.4, 0.5) is 0 Å². The topological polar surface area (TPSA) is 157 Å². The molecule has 0 spiro atoms. The second-order valence-electron chi connectivity index (χ2n) is 12.5. The van der Waals surface area contributed by atoms with Crippen molar-refractivity contribution >= 4 is 23.9 Å². The quantitative estimate of drug-likeness (QED) is 0.213. The maximum Gasteiger partial charge on any atom is 0.309 e. The van der Waals surface area contributed by atoms with Crippen LogP contribution in [0.3, 0.4) is 0 Å². The number of aliphatic carboxylic acids is 1. The molecule has 10 nitrogen and oxygen atoms in total. The van der Waals surface area contributed by atoms with E-state index in [1.54, 1.807) is 6.08 Å². The van der Waals surface area contributed by atoms with E-state index < -0.39 is 59.6 Å². The summed E-state index contributed by atoms with van der Waals surface area (Å²) >= 11 is 0. The van der Waals surface area contributed by atoms with Gasteiger partial charge in [-0.25, -0.2) is 0 Å². The number of aliphatic hydroxyl groups excluding tert-OH is 1. The fraction of sp³-hybridized carbons (Fsp3) is 0.733. The molecular weight excluding hydrogens is 520 g/mol. The average Bonchev–Trinajstić information content (AvgIpc) is 3.13. The molecule has 0 saturated heterocycles. The number of aliphatic hydroxyl groups is 2. The highest BCUT2D eigenvalue weighted by atomic mass is 16.6. The summed E-state index contributed by atoms with van der Waals surface area (Å²) in [6.45, 7) is 13.7. The lowest BCUT2D eigenvalue weighted by atomic mass is 9.67. The van der Waals surface area contributed by atoms with Crippen molar-refractivity contribution in [2.24, 2.45) is 17.3 Å². The minimum Gasteiger partial charge on any atom is -0.481 e. The van der Waals surface area contributed by atoms with Crippen molar-refractivity contribution in [3.63, 3.8) is 0 Å². The smallest absolute Gasteiger partial charge is 0.309 e. The number of esters is 3. The van der Waals surface area contributed by atoms with Gasteiger partial charge in [-0.3, -0.25) is 19.2 Å². The number of hydrogen-bond donors (Lipinski definition) is 3. The van der Waals surface area contributed by atoms with Gasteiger partial charge in [0.25, 0.3) is 0 Å². The van der Waals surface area contributed by atoms with E-state index in [4.69, 9.17) is 19.3 Å². The molecule has 0 heterocycles. The summed E-state index contributed by atoms with van der Waals surface area (Å²) in [4.78, 5) is 47.6. The molecule has 40 heavy (non-hydrogen) atoms. The first-order chi connectivity index (χ1) is 18.4. The molecule has 226 valence electrons. The molecule has 3 N–H and O–H groups in total. The van der Waals surface area contributed by atoms with E-state index in [9.17, 15) is 29.4 Å². The fourth-order valence-corrected chi connectivity index (χ4v) is 6.39. The molecule has 0 radical (unpaired) electrons. The number of ether oxygens (including phenoxy) is 3. The lowest BCUT2D eigenvalue weighted by molar-refractivity contribution is -0.163. The van der Waals surface area contributed by atoms with E-state index in [-0.39, 0.29) is 24.4 Å². The van der Waals surface area contributed by atoms with Gasteiger partial charge in [0, 0.05) is 25.2 Å². The van der Waals surface area contributed by atoms with E-state index >= 15 is 0 Å². The Morgan fingerprint density at radius 3 is 2.27 bits per heavy atom. The van der Waals surface area contributed by atoms with Crippen molar-refractivity contribution < 1.29 is 48.7 Å². The summed E-state index contributed by atoms with van der Waals surface area (Å²) in [5, 5.41) is 30.0. The molecule has 6 atom stereocenters. The highest BCUT2D eigenvalue weighted by molar-refractivity contribution is 5.74. The highest BCUT2D eigenvalue weighted by Gasteiger charge is 2.55. The van der Waals surface area contributed by atoms with E-state index in [0.29, 0.717) is 43.3 Å². The second kappa shape index (κ2) is 13.3. The average molecular weight is 567 g/mol. The molecule has 2 aliphatic carbocycles. The van der Waals surface area contributed by atoms with Gasteiger partial charge in [0.15, 0.2) is 0 Å². The maximum atomic E-state index is 12.5. The van der Waals surface area contributed by atoms with Crippen molar-refractivity contribution in [2.45, 2.75) is 116 Å². The zero-order chi connectivity index (χ0) is 30.5. The van der Waals surface area contributed by atoms with Crippen LogP contribution >= 0.6 is 0 Å². The molecule has 0 bridgehead atoms. The number of carboxylic acid groups (broad SMARTS) is 1. The molecule has 2 aliphatic rings. The van der Waals surface area contributed by atoms with E-state index in [2.05, 4.69) is 13.5 Å². The highest BCUT2D eigenvalue weighted by Crippen LogP contribution is 2.56. The van der Waals surface area contributed by atoms with Crippen LogP contribution in [0, 0.1) is 17.3 Å². The lowest BCUT2D eigenvalue weighted by Crippen LogP contribution is -2.45. The molecule has 1 fully saturated rings. The Hall–Kier alpha value is -2.72. The third-order valence-electron chi connectivity index (χ3n) is 8.42. The molecule has 10 heteroatoms. The van der Waals surface area contributed by atoms with Gasteiger partial charge in [-0.05, 0) is 82.4 Å². The van der Waals surface area contributed by atoms with Gasteiger partial charge in [-0.2, -0.15) is 0 Å². The Morgan fingerprint density at radius 2 is 1.70 bits per heavy atom. The summed E-state index contributed by atoms with van der Waals surface area (Å²) in [6, 6.07) is 0. The summed E-state index contributed by atoms with van der Waals surface area (Å²) < 4.78 is 17.0. The Labute approximate surface area is 236 Å². The monoisotopic (exact) mass is 566 g/mol. The molecule has 0 aromatic rings. The first kappa shape index (κ1) is 33.5. The first-order valence-electron chi connectivity index (χ1n) is 13.9. The maximum absolute atomic E-state index is 12.5. The summed E-state index contributed by atoms with van der Waals surface area (Å²) in [7, 11) is 0. The molecule has 0 amide bonds. The van der Waals surface area contributed by atoms with Crippen molar-refractivity contribution in [2.75, 3.05) is 6.61 Å². The van der Waals surface area contributed by atoms with Crippen LogP contribution in [0.1, 0.15) is 92.9 Å². The van der Waals surface area contributed by atoms with Crippen molar-refractivity contribution in [1.29, 1.82) is 0 Å². The largest absolute Gasteiger partial charge is 0.481 e. The summed E-state index contributed by atoms with van der Waals surface area (Å²) in [5.74, 6) is -2.96. The minimum absolute atomic E-state index is 0.0451. The van der Waals surface area contributed by atoms with Crippen LogP contribution in [-0.2, 0) is 33.4 Å². The van der Waals surface area contributed by atoms with Gasteiger partial charge in [0.05, 0.1) is 24.5 Å². The zero-order valence-electron chi connectivity index (χ0n) is 24.7. The third kappa shape index (κ3) is 9.16. The third-order valence-corrected chi connectivity index (χ3v) is 8.42. The van der Waals surface area contributed by atoms with Crippen molar-refractivity contribution in [1.82, 2.24) is 0 Å². The number of fused-ring (bicyclic) bond motifs is 1. The Morgan fingerprint density at radius 1 is 1.05 bits per heavy atom. The predicted molar refractivity (Wildman–Crippen MR) is 146 cm³/mol. The summed E-state index contributed by atoms with van der Waals surface area (Å²) in [6.07, 6.45) is 2.44. The van der Waals surface area contributed by atoms with Gasteiger partial charge in [-0.15, -0.1) is 0 Å². The van der Waals surface area contributed by atoms with Gasteiger partial charge < -0.3 is 29.5 Å². The molecule has 2 rings (SSSR count). The molecule has 6 unspecified atom stereocenters. The van der Waals surface area contributed by atoms with Crippen LogP contribution in [0.2, 0.25) is 0 Å². The molecule has 0 aromatic carbocycles. The number of carbonyl (C=O) groups excluding carboxylic acids is 3. The van der Waals surface area contributed by atoms with Gasteiger partial charge >= 0.3 is 23.9 Å². The number of hydrogen-bond acceptors (Lipinski definition) is 9. The fourth-order valence-electron chi connectivity index (χ4n) is 6.39. The van der Waals surface area contributed by atoms with E-state index in [1.807, 2.05) is 13.8 Å². The van der Waals surface area contributed by atoms with Crippen LogP contribution in [0.25, 0.3) is 0 Å². The van der Waals surface area contributed by atoms with Crippen LogP contribution in [0.5, 0.6) is 0 Å². The van der Waals surface area contributed by atoms with Crippen LogP contribution in [0.15, 0.2) is 23.8 Å². The first-order valence-corrected chi connectivity index (χ1v) is 13.9. The number of carboxylic acids is 1. The van der Waals surface area contributed by atoms with Crippen molar-refractivity contribution in [3.8, 4) is 0 Å². The number of rotatable bonds is 9. The standard InChI is InChI=1S/C30H46O10/c1-18-8-10-23-22(28(4,5)40-20(3)32)12-13-30(23,7)25(39-19(2)31)14-21(9-11-24(18)33)17-38-27(36)16-29(6,37)15-26(34)35/h14,22-25,33,37H,1,8-13,15-17H2,2-7H3,(H,34,35). The Bertz CT molecular complexity index is 1010. The predicted octanol–water partition coefficient (Wildman–Crippen LogP) is 3.87. The molecule has 0 aromatic heterocycles. The van der Waals surface area contributed by atoms with Crippen LogP contribution in [-0.4, -0.2) is 69.2 Å². The molecular formula is C30H46O10. The second-order valence-corrected chi connectivity index (χ2v) is 12.5. The van der Waals surface area contributed by atoms with Gasteiger partial charge in [-0.1, -0.05) is 13.5 Å². The summed E-state index contributed by atoms with van der Waals surface area (Å²) in [5.41, 5.74) is -1.80. The Balaban J connectivity index is 2.44. The molecule has 1 saturated carbocycles. The van der Waals surface area contributed by atoms with Gasteiger partial charge in [0.2, 0.25) is 0 Å². The normalized spacial score (nSPS) is 29.2. The molecule has 0 aliphatic heterocycles. The number of carbonyl (C=O) groups is 4. The lowest BCUT2D eigenvalue weighted by Gasteiger charge is -2.43. The van der Waals surface area contributed by atoms with Crippen LogP contribution < -0.4 is 0 Å². The van der Waals surface area contributed by atoms with E-state index in [0.717, 1.165) is 6.42 Å². The van der Waals surface area contributed by atoms with Crippen molar-refractivity contribution in [3.05, 3.63) is 23.8 Å². The van der Waals surface area contributed by atoms with E-state index in [1.165, 1.54) is 20.8 Å². The minimum atomic E-state index is -1.77. The van der Waals surface area contributed by atoms with Gasteiger partial charge in [0.1, 0.15) is 18.3 Å².